The largest absolute Gasteiger partial charge is 0.507 e. The van der Waals surface area contributed by atoms with Crippen LogP contribution in [0.3, 0.4) is 0 Å². The average molecular weight is 331 g/mol. The fourth-order valence-corrected chi connectivity index (χ4v) is 2.96. The van der Waals surface area contributed by atoms with Crippen LogP contribution in [0, 0.1) is 0 Å². The summed E-state index contributed by atoms with van der Waals surface area (Å²) in [4.78, 5) is 4.56. The van der Waals surface area contributed by atoms with Crippen molar-refractivity contribution >= 4 is 0 Å². The van der Waals surface area contributed by atoms with Crippen LogP contribution < -0.4 is 0 Å². The predicted octanol–water partition coefficient (Wildman–Crippen LogP) is 4.94. The molecule has 0 atom stereocenters. The van der Waals surface area contributed by atoms with E-state index in [-0.39, 0.29) is 10.8 Å². The third-order valence-corrected chi connectivity index (χ3v) is 4.71. The molecule has 0 unspecified atom stereocenters. The summed E-state index contributed by atoms with van der Waals surface area (Å²) in [6.45, 7) is 19.2. The summed E-state index contributed by atoms with van der Waals surface area (Å²) in [5.41, 5.74) is 3.32. The summed E-state index contributed by atoms with van der Waals surface area (Å²) in [5, 5.41) is 10.9. The van der Waals surface area contributed by atoms with E-state index in [9.17, 15) is 5.11 Å². The van der Waals surface area contributed by atoms with Crippen molar-refractivity contribution in [2.45, 2.75) is 78.8 Å². The van der Waals surface area contributed by atoms with Crippen LogP contribution in [-0.2, 0) is 17.4 Å². The molecule has 24 heavy (non-hydrogen) atoms. The number of phenols is 1. The second-order valence-electron chi connectivity index (χ2n) is 9.33. The molecule has 134 valence electrons. The molecule has 1 aromatic rings. The van der Waals surface area contributed by atoms with Gasteiger partial charge in [0, 0.05) is 30.5 Å². The number of nitrogens with zero attached hydrogens (tertiary/aromatic N) is 2. The van der Waals surface area contributed by atoms with Crippen LogP contribution in [0.1, 0.15) is 72.1 Å². The third-order valence-electron chi connectivity index (χ3n) is 4.71. The van der Waals surface area contributed by atoms with Gasteiger partial charge in [-0.3, -0.25) is 0 Å². The predicted molar refractivity (Wildman–Crippen MR) is 102 cm³/mol. The van der Waals surface area contributed by atoms with Gasteiger partial charge in [-0.15, -0.1) is 0 Å². The van der Waals surface area contributed by atoms with Gasteiger partial charge in [-0.2, -0.15) is 0 Å². The molecule has 1 aromatic carbocycles. The second-order valence-corrected chi connectivity index (χ2v) is 9.33. The van der Waals surface area contributed by atoms with Crippen LogP contribution in [0.15, 0.2) is 24.5 Å². The van der Waals surface area contributed by atoms with E-state index < -0.39 is 0 Å². The monoisotopic (exact) mass is 330 g/mol. The lowest BCUT2D eigenvalue weighted by molar-refractivity contribution is 0.225. The quantitative estimate of drug-likeness (QED) is 0.850. The van der Waals surface area contributed by atoms with Gasteiger partial charge >= 0.3 is 0 Å². The lowest BCUT2D eigenvalue weighted by Gasteiger charge is -2.29. The van der Waals surface area contributed by atoms with Crippen LogP contribution in [0.4, 0.5) is 0 Å². The number of rotatable bonds is 3. The molecule has 0 amide bonds. The highest BCUT2D eigenvalue weighted by Crippen LogP contribution is 2.38. The Hall–Kier alpha value is -1.64. The zero-order valence-electron chi connectivity index (χ0n) is 16.6. The van der Waals surface area contributed by atoms with E-state index in [1.807, 2.05) is 0 Å². The Kier molecular flexibility index (Phi) is 4.94. The molecule has 0 aromatic heterocycles. The molecule has 1 aliphatic heterocycles. The first kappa shape index (κ1) is 18.7. The van der Waals surface area contributed by atoms with E-state index in [0.29, 0.717) is 11.8 Å². The van der Waals surface area contributed by atoms with Crippen molar-refractivity contribution in [3.8, 4) is 5.75 Å². The minimum absolute atomic E-state index is 0.0628. The standard InChI is InChI=1S/C21H34N2O/c1-15(2)23-10-9-22(14-23)13-16-11-17(20(3,4)5)12-18(19(16)24)21(6,7)8/h9-12,15,24H,13-14H2,1-8H3. The van der Waals surface area contributed by atoms with E-state index in [2.05, 4.69) is 89.7 Å². The van der Waals surface area contributed by atoms with Gasteiger partial charge in [0.25, 0.3) is 0 Å². The molecule has 2 rings (SSSR count). The van der Waals surface area contributed by atoms with Gasteiger partial charge < -0.3 is 14.9 Å². The molecule has 3 heteroatoms. The van der Waals surface area contributed by atoms with Gasteiger partial charge in [0.1, 0.15) is 5.75 Å². The van der Waals surface area contributed by atoms with Crippen molar-refractivity contribution in [3.05, 3.63) is 41.2 Å². The van der Waals surface area contributed by atoms with E-state index in [4.69, 9.17) is 0 Å². The molecule has 1 aliphatic rings. The summed E-state index contributed by atoms with van der Waals surface area (Å²) in [5.74, 6) is 0.451. The molecule has 1 N–H and O–H groups in total. The molecule has 0 bridgehead atoms. The average Bonchev–Trinajstić information content (AvgIpc) is 2.87. The number of hydrogen-bond acceptors (Lipinski definition) is 3. The Morgan fingerprint density at radius 2 is 1.62 bits per heavy atom. The Labute approximate surface area is 148 Å². The second kappa shape index (κ2) is 6.34. The zero-order valence-corrected chi connectivity index (χ0v) is 16.6. The topological polar surface area (TPSA) is 26.7 Å². The van der Waals surface area contributed by atoms with Crippen LogP contribution >= 0.6 is 0 Å². The molecular weight excluding hydrogens is 296 g/mol. The zero-order chi connectivity index (χ0) is 18.3. The Morgan fingerprint density at radius 3 is 2.08 bits per heavy atom. The molecule has 3 nitrogen and oxygen atoms in total. The fraction of sp³-hybridized carbons (Fsp3) is 0.619. The number of hydrogen-bond donors (Lipinski definition) is 1. The van der Waals surface area contributed by atoms with Crippen molar-refractivity contribution in [2.75, 3.05) is 6.67 Å². The lowest BCUT2D eigenvalue weighted by Crippen LogP contribution is -2.30. The highest BCUT2D eigenvalue weighted by molar-refractivity contribution is 5.48. The smallest absolute Gasteiger partial charge is 0.124 e. The van der Waals surface area contributed by atoms with E-state index in [0.717, 1.165) is 24.3 Å². The molecule has 0 saturated heterocycles. The summed E-state index contributed by atoms with van der Waals surface area (Å²) < 4.78 is 0. The van der Waals surface area contributed by atoms with Gasteiger partial charge in [-0.05, 0) is 41.9 Å². The first-order chi connectivity index (χ1) is 10.9. The Morgan fingerprint density at radius 1 is 1.00 bits per heavy atom. The molecule has 0 spiro atoms. The highest BCUT2D eigenvalue weighted by atomic mass is 16.3. The summed E-state index contributed by atoms with van der Waals surface area (Å²) in [6, 6.07) is 4.85. The third kappa shape index (κ3) is 4.06. The first-order valence-corrected chi connectivity index (χ1v) is 8.94. The van der Waals surface area contributed by atoms with Gasteiger partial charge in [-0.1, -0.05) is 47.6 Å². The molecule has 0 radical (unpaired) electrons. The maximum absolute atomic E-state index is 10.9. The van der Waals surface area contributed by atoms with Crippen molar-refractivity contribution in [3.63, 3.8) is 0 Å². The molecule has 0 fully saturated rings. The van der Waals surface area contributed by atoms with Crippen molar-refractivity contribution in [1.82, 2.24) is 9.80 Å². The van der Waals surface area contributed by atoms with Crippen LogP contribution in [0.2, 0.25) is 0 Å². The van der Waals surface area contributed by atoms with E-state index >= 15 is 0 Å². The van der Waals surface area contributed by atoms with Crippen LogP contribution in [0.5, 0.6) is 5.75 Å². The molecule has 0 aliphatic carbocycles. The van der Waals surface area contributed by atoms with Gasteiger partial charge in [0.05, 0.1) is 6.67 Å². The highest BCUT2D eigenvalue weighted by Gasteiger charge is 2.26. The van der Waals surface area contributed by atoms with Crippen molar-refractivity contribution in [1.29, 1.82) is 0 Å². The minimum Gasteiger partial charge on any atom is -0.507 e. The van der Waals surface area contributed by atoms with Gasteiger partial charge in [0.15, 0.2) is 0 Å². The summed E-state index contributed by atoms with van der Waals surface area (Å²) >= 11 is 0. The van der Waals surface area contributed by atoms with Gasteiger partial charge in [0.2, 0.25) is 0 Å². The van der Waals surface area contributed by atoms with Crippen molar-refractivity contribution < 1.29 is 5.11 Å². The van der Waals surface area contributed by atoms with E-state index in [1.165, 1.54) is 5.56 Å². The van der Waals surface area contributed by atoms with Crippen LogP contribution in [-0.4, -0.2) is 27.6 Å². The number of benzene rings is 1. The molecular formula is C21H34N2O. The maximum Gasteiger partial charge on any atom is 0.124 e. The first-order valence-electron chi connectivity index (χ1n) is 8.94. The fourth-order valence-electron chi connectivity index (χ4n) is 2.96. The van der Waals surface area contributed by atoms with Gasteiger partial charge in [-0.25, -0.2) is 0 Å². The maximum atomic E-state index is 10.9. The molecule has 1 heterocycles. The summed E-state index contributed by atoms with van der Waals surface area (Å²) in [6.07, 6.45) is 4.26. The molecule has 0 saturated carbocycles. The van der Waals surface area contributed by atoms with Crippen LogP contribution in [0.25, 0.3) is 0 Å². The van der Waals surface area contributed by atoms with E-state index in [1.54, 1.807) is 0 Å². The number of aromatic hydroxyl groups is 1. The lowest BCUT2D eigenvalue weighted by atomic mass is 9.79. The number of phenolic OH excluding ortho intramolecular Hbond substituents is 1. The Bertz CT molecular complexity index is 618. The minimum atomic E-state index is -0.0785. The Balaban J connectivity index is 2.37. The normalized spacial score (nSPS) is 15.7. The summed E-state index contributed by atoms with van der Waals surface area (Å²) in [7, 11) is 0. The SMILES string of the molecule is CC(C)N1C=CN(Cc2cc(C(C)(C)C)cc(C(C)(C)C)c2O)C1. The van der Waals surface area contributed by atoms with Crippen molar-refractivity contribution in [2.24, 2.45) is 0 Å².